The van der Waals surface area contributed by atoms with Crippen LogP contribution in [0.15, 0.2) is 24.3 Å². The van der Waals surface area contributed by atoms with Gasteiger partial charge in [0.25, 0.3) is 0 Å². The molecule has 1 N–H and O–H groups in total. The van der Waals surface area contributed by atoms with E-state index in [-0.39, 0.29) is 0 Å². The summed E-state index contributed by atoms with van der Waals surface area (Å²) < 4.78 is 0. The minimum absolute atomic E-state index is 0.663. The minimum atomic E-state index is 0.663. The number of piperidine rings is 1. The Morgan fingerprint density at radius 1 is 1.18 bits per heavy atom. The quantitative estimate of drug-likeness (QED) is 0.862. The van der Waals surface area contributed by atoms with Crippen LogP contribution in [0.1, 0.15) is 31.2 Å². The molecule has 0 spiro atoms. The molecule has 1 aromatic rings. The van der Waals surface area contributed by atoms with Gasteiger partial charge in [0, 0.05) is 19.8 Å². The number of para-hydroxylation sites is 1. The van der Waals surface area contributed by atoms with Gasteiger partial charge in [0.1, 0.15) is 0 Å². The Morgan fingerprint density at radius 3 is 2.47 bits per heavy atom. The average molecular weight is 232 g/mol. The molecule has 0 radical (unpaired) electrons. The Bertz CT molecular complexity index is 354. The van der Waals surface area contributed by atoms with Gasteiger partial charge in [-0.1, -0.05) is 25.1 Å². The first kappa shape index (κ1) is 12.4. The predicted octanol–water partition coefficient (Wildman–Crippen LogP) is 2.86. The molecular formula is C15H24N2. The largest absolute Gasteiger partial charge is 0.377 e. The molecule has 0 aromatic heterocycles. The van der Waals surface area contributed by atoms with Crippen molar-refractivity contribution >= 4 is 5.69 Å². The smallest absolute Gasteiger partial charge is 0.0396 e. The molecule has 1 unspecified atom stereocenters. The zero-order valence-corrected chi connectivity index (χ0v) is 11.2. The molecule has 1 heterocycles. The van der Waals surface area contributed by atoms with E-state index in [2.05, 4.69) is 55.5 Å². The number of rotatable bonds is 3. The van der Waals surface area contributed by atoms with Crippen molar-refractivity contribution in [3.8, 4) is 0 Å². The molecule has 1 aromatic carbocycles. The third kappa shape index (κ3) is 2.81. The highest BCUT2D eigenvalue weighted by atomic mass is 15.1. The van der Waals surface area contributed by atoms with Gasteiger partial charge in [0.2, 0.25) is 0 Å². The van der Waals surface area contributed by atoms with E-state index in [1.54, 1.807) is 0 Å². The fraction of sp³-hybridized carbons (Fsp3) is 0.600. The molecule has 1 fully saturated rings. The summed E-state index contributed by atoms with van der Waals surface area (Å²) in [5.74, 6) is 1.49. The Balaban J connectivity index is 2.20. The van der Waals surface area contributed by atoms with Crippen molar-refractivity contribution in [3.63, 3.8) is 0 Å². The lowest BCUT2D eigenvalue weighted by Gasteiger charge is -2.31. The van der Waals surface area contributed by atoms with Crippen LogP contribution in [-0.2, 0) is 0 Å². The molecule has 17 heavy (non-hydrogen) atoms. The number of nitrogens with one attached hydrogen (secondary N) is 1. The molecule has 1 aliphatic rings. The van der Waals surface area contributed by atoms with Gasteiger partial charge in [-0.25, -0.2) is 0 Å². The lowest BCUT2D eigenvalue weighted by Crippen LogP contribution is -2.30. The molecule has 94 valence electrons. The van der Waals surface area contributed by atoms with Crippen LogP contribution in [0.5, 0.6) is 0 Å². The molecule has 0 saturated carbocycles. The fourth-order valence-corrected chi connectivity index (χ4v) is 2.88. The second-order valence-corrected chi connectivity index (χ2v) is 5.33. The Labute approximate surface area is 105 Å². The minimum Gasteiger partial charge on any atom is -0.377 e. The van der Waals surface area contributed by atoms with Crippen molar-refractivity contribution in [2.45, 2.75) is 25.7 Å². The summed E-state index contributed by atoms with van der Waals surface area (Å²) in [6.07, 6.45) is 2.62. The molecular weight excluding hydrogens is 208 g/mol. The number of hydrogen-bond acceptors (Lipinski definition) is 2. The van der Waals surface area contributed by atoms with Gasteiger partial charge in [-0.15, -0.1) is 0 Å². The van der Waals surface area contributed by atoms with Crippen molar-refractivity contribution in [2.24, 2.45) is 5.92 Å². The third-order valence-corrected chi connectivity index (χ3v) is 4.00. The highest BCUT2D eigenvalue weighted by Crippen LogP contribution is 2.35. The standard InChI is InChI=1S/C15H24N2/c1-12(13-8-10-16-11-9-13)14-6-4-5-7-15(14)17(2)3/h4-7,12-13,16H,8-11H2,1-3H3. The van der Waals surface area contributed by atoms with E-state index in [4.69, 9.17) is 0 Å². The van der Waals surface area contributed by atoms with Gasteiger partial charge in [-0.2, -0.15) is 0 Å². The summed E-state index contributed by atoms with van der Waals surface area (Å²) in [7, 11) is 4.27. The van der Waals surface area contributed by atoms with E-state index in [0.29, 0.717) is 5.92 Å². The molecule has 1 saturated heterocycles. The normalized spacial score (nSPS) is 19.0. The number of hydrogen-bond donors (Lipinski definition) is 1. The van der Waals surface area contributed by atoms with E-state index >= 15 is 0 Å². The van der Waals surface area contributed by atoms with E-state index in [9.17, 15) is 0 Å². The summed E-state index contributed by atoms with van der Waals surface area (Å²) in [5, 5.41) is 3.45. The number of anilines is 1. The zero-order chi connectivity index (χ0) is 12.3. The summed E-state index contributed by atoms with van der Waals surface area (Å²) in [6.45, 7) is 4.75. The van der Waals surface area contributed by atoms with Gasteiger partial charge in [-0.3, -0.25) is 0 Å². The summed E-state index contributed by atoms with van der Waals surface area (Å²) in [5.41, 5.74) is 2.88. The summed E-state index contributed by atoms with van der Waals surface area (Å²) >= 11 is 0. The second-order valence-electron chi connectivity index (χ2n) is 5.33. The SMILES string of the molecule is CC(c1ccccc1N(C)C)C1CCNCC1. The van der Waals surface area contributed by atoms with Crippen molar-refractivity contribution < 1.29 is 0 Å². The van der Waals surface area contributed by atoms with E-state index in [1.807, 2.05) is 0 Å². The number of nitrogens with zero attached hydrogens (tertiary/aromatic N) is 1. The Hall–Kier alpha value is -1.02. The van der Waals surface area contributed by atoms with Gasteiger partial charge < -0.3 is 10.2 Å². The predicted molar refractivity (Wildman–Crippen MR) is 74.8 cm³/mol. The molecule has 2 nitrogen and oxygen atoms in total. The number of benzene rings is 1. The molecule has 0 bridgehead atoms. The van der Waals surface area contributed by atoms with E-state index in [1.165, 1.54) is 37.2 Å². The first-order valence-electron chi connectivity index (χ1n) is 6.67. The van der Waals surface area contributed by atoms with Gasteiger partial charge in [0.15, 0.2) is 0 Å². The molecule has 0 amide bonds. The summed E-state index contributed by atoms with van der Waals surface area (Å²) in [6, 6.07) is 8.82. The van der Waals surface area contributed by atoms with Crippen molar-refractivity contribution in [1.82, 2.24) is 5.32 Å². The molecule has 0 aliphatic carbocycles. The second kappa shape index (κ2) is 5.54. The van der Waals surface area contributed by atoms with Gasteiger partial charge in [0.05, 0.1) is 0 Å². The van der Waals surface area contributed by atoms with Crippen molar-refractivity contribution in [3.05, 3.63) is 29.8 Å². The fourth-order valence-electron chi connectivity index (χ4n) is 2.88. The van der Waals surface area contributed by atoms with Crippen LogP contribution in [0.2, 0.25) is 0 Å². The maximum Gasteiger partial charge on any atom is 0.0396 e. The Kier molecular flexibility index (Phi) is 4.06. The average Bonchev–Trinajstić information content (AvgIpc) is 2.39. The van der Waals surface area contributed by atoms with Crippen LogP contribution in [0.4, 0.5) is 5.69 Å². The maximum absolute atomic E-state index is 3.45. The first-order valence-corrected chi connectivity index (χ1v) is 6.67. The summed E-state index contributed by atoms with van der Waals surface area (Å²) in [4.78, 5) is 2.23. The highest BCUT2D eigenvalue weighted by Gasteiger charge is 2.23. The molecule has 1 atom stereocenters. The van der Waals surface area contributed by atoms with Gasteiger partial charge >= 0.3 is 0 Å². The van der Waals surface area contributed by atoms with E-state index < -0.39 is 0 Å². The van der Waals surface area contributed by atoms with Crippen LogP contribution in [0, 0.1) is 5.92 Å². The lowest BCUT2D eigenvalue weighted by atomic mass is 9.81. The molecule has 2 rings (SSSR count). The van der Waals surface area contributed by atoms with Crippen LogP contribution >= 0.6 is 0 Å². The lowest BCUT2D eigenvalue weighted by molar-refractivity contribution is 0.330. The molecule has 2 heteroatoms. The topological polar surface area (TPSA) is 15.3 Å². The monoisotopic (exact) mass is 232 g/mol. The van der Waals surface area contributed by atoms with Crippen molar-refractivity contribution in [1.29, 1.82) is 0 Å². The van der Waals surface area contributed by atoms with Crippen LogP contribution in [0.25, 0.3) is 0 Å². The molecule has 1 aliphatic heterocycles. The van der Waals surface area contributed by atoms with Crippen LogP contribution < -0.4 is 10.2 Å². The van der Waals surface area contributed by atoms with E-state index in [0.717, 1.165) is 5.92 Å². The Morgan fingerprint density at radius 2 is 1.82 bits per heavy atom. The van der Waals surface area contributed by atoms with Crippen LogP contribution in [0.3, 0.4) is 0 Å². The van der Waals surface area contributed by atoms with Gasteiger partial charge in [-0.05, 0) is 49.4 Å². The van der Waals surface area contributed by atoms with Crippen molar-refractivity contribution in [2.75, 3.05) is 32.1 Å². The zero-order valence-electron chi connectivity index (χ0n) is 11.2. The third-order valence-electron chi connectivity index (χ3n) is 4.00. The first-order chi connectivity index (χ1) is 8.20. The maximum atomic E-state index is 3.45. The van der Waals surface area contributed by atoms with Crippen LogP contribution in [-0.4, -0.2) is 27.2 Å². The highest BCUT2D eigenvalue weighted by molar-refractivity contribution is 5.54.